The number of fused-ring (bicyclic) bond motifs is 8. The SMILES string of the molecule is Nc1c(C(=O)O)cc(NCc2ccc(CNC(=O)c3ccc4c(c3)C(=O)OC43c4ccc(O)cc4Oc4cc(O)ccc43)cc2)c2c1C(=O)c1ccccc1C2=O. The van der Waals surface area contributed by atoms with Crippen molar-refractivity contribution >= 4 is 40.8 Å². The first-order valence-electron chi connectivity index (χ1n) is 17.7. The molecule has 2 heterocycles. The molecule has 0 bridgehead atoms. The number of aromatic carboxylic acids is 1. The first-order valence-corrected chi connectivity index (χ1v) is 17.7. The molecule has 1 amide bonds. The average Bonchev–Trinajstić information content (AvgIpc) is 3.49. The number of nitrogen functional groups attached to an aromatic ring is 1. The van der Waals surface area contributed by atoms with Crippen molar-refractivity contribution in [3.05, 3.63) is 176 Å². The maximum absolute atomic E-state index is 13.6. The lowest BCUT2D eigenvalue weighted by atomic mass is 9.77. The summed E-state index contributed by atoms with van der Waals surface area (Å²) in [6.45, 7) is 0.313. The number of carbonyl (C=O) groups excluding carboxylic acids is 4. The van der Waals surface area contributed by atoms with Gasteiger partial charge in [-0.15, -0.1) is 0 Å². The molecule has 7 N–H and O–H groups in total. The number of nitrogens with one attached hydrogen (secondary N) is 2. The predicted octanol–water partition coefficient (Wildman–Crippen LogP) is 6.26. The summed E-state index contributed by atoms with van der Waals surface area (Å²) in [6.07, 6.45) is 0. The molecule has 0 aromatic heterocycles. The van der Waals surface area contributed by atoms with E-state index < -0.39 is 35.0 Å². The van der Waals surface area contributed by atoms with Crippen LogP contribution in [0, 0.1) is 0 Å². The number of ether oxygens (including phenoxy) is 2. The summed E-state index contributed by atoms with van der Waals surface area (Å²) in [5.74, 6) is -3.06. The molecule has 1 aliphatic carbocycles. The fourth-order valence-electron chi connectivity index (χ4n) is 7.74. The number of anilines is 2. The summed E-state index contributed by atoms with van der Waals surface area (Å²) in [5.41, 5.74) is 7.81. The van der Waals surface area contributed by atoms with Crippen LogP contribution in [0.3, 0.4) is 0 Å². The summed E-state index contributed by atoms with van der Waals surface area (Å²) in [5, 5.41) is 36.1. The summed E-state index contributed by atoms with van der Waals surface area (Å²) < 4.78 is 12.1. The number of amides is 1. The van der Waals surface area contributed by atoms with E-state index in [1.807, 2.05) is 0 Å². The second-order valence-electron chi connectivity index (χ2n) is 13.8. The van der Waals surface area contributed by atoms with Crippen LogP contribution in [0.5, 0.6) is 23.0 Å². The Morgan fingerprint density at radius 3 is 1.86 bits per heavy atom. The average molecular weight is 760 g/mol. The number of phenolic OH excluding ortho intramolecular Hbond substituents is 2. The van der Waals surface area contributed by atoms with Gasteiger partial charge in [-0.3, -0.25) is 14.4 Å². The van der Waals surface area contributed by atoms with Gasteiger partial charge in [0.25, 0.3) is 5.91 Å². The maximum Gasteiger partial charge on any atom is 0.340 e. The third-order valence-electron chi connectivity index (χ3n) is 10.5. The van der Waals surface area contributed by atoms with Gasteiger partial charge in [-0.25, -0.2) is 9.59 Å². The second kappa shape index (κ2) is 12.8. The van der Waals surface area contributed by atoms with Crippen LogP contribution < -0.4 is 21.1 Å². The van der Waals surface area contributed by atoms with E-state index in [2.05, 4.69) is 10.6 Å². The minimum atomic E-state index is -1.45. The lowest BCUT2D eigenvalue weighted by Gasteiger charge is -2.36. The highest BCUT2D eigenvalue weighted by atomic mass is 16.6. The molecule has 0 saturated carbocycles. The third kappa shape index (κ3) is 5.43. The zero-order chi connectivity index (χ0) is 39.7. The first-order chi connectivity index (χ1) is 27.4. The van der Waals surface area contributed by atoms with E-state index in [1.54, 1.807) is 66.7 Å². The normalized spacial score (nSPS) is 14.0. The number of hydrogen-bond donors (Lipinski definition) is 6. The van der Waals surface area contributed by atoms with E-state index in [-0.39, 0.29) is 86.4 Å². The molecule has 3 aliphatic rings. The lowest BCUT2D eigenvalue weighted by molar-refractivity contribution is 0.0223. The van der Waals surface area contributed by atoms with Crippen LogP contribution in [0.4, 0.5) is 11.4 Å². The molecular weight excluding hydrogens is 730 g/mol. The Bertz CT molecular complexity index is 2740. The molecule has 13 nitrogen and oxygen atoms in total. The molecule has 0 fully saturated rings. The summed E-state index contributed by atoms with van der Waals surface area (Å²) in [7, 11) is 0. The molecule has 6 aromatic rings. The van der Waals surface area contributed by atoms with Crippen molar-refractivity contribution in [2.24, 2.45) is 0 Å². The predicted molar refractivity (Wildman–Crippen MR) is 204 cm³/mol. The molecule has 57 heavy (non-hydrogen) atoms. The van der Waals surface area contributed by atoms with Gasteiger partial charge < -0.3 is 41.2 Å². The van der Waals surface area contributed by atoms with Gasteiger partial charge in [0.2, 0.25) is 0 Å². The topological polar surface area (TPSA) is 215 Å². The van der Waals surface area contributed by atoms with Crippen molar-refractivity contribution in [3.8, 4) is 23.0 Å². The third-order valence-corrected chi connectivity index (χ3v) is 10.5. The fraction of sp³-hybridized carbons (Fsp3) is 0.0682. The van der Waals surface area contributed by atoms with Gasteiger partial charge in [-0.2, -0.15) is 0 Å². The quantitative estimate of drug-likeness (QED) is 0.0784. The van der Waals surface area contributed by atoms with Crippen molar-refractivity contribution in [3.63, 3.8) is 0 Å². The fourth-order valence-corrected chi connectivity index (χ4v) is 7.74. The number of rotatable bonds is 7. The molecule has 1 spiro atoms. The van der Waals surface area contributed by atoms with E-state index in [9.17, 15) is 39.3 Å². The van der Waals surface area contributed by atoms with Crippen molar-refractivity contribution in [1.82, 2.24) is 5.32 Å². The molecule has 0 atom stereocenters. The van der Waals surface area contributed by atoms with Crippen LogP contribution >= 0.6 is 0 Å². The standard InChI is InChI=1S/C44H29N3O10/c45-38-29(42(53)54)18-33(36-37(38)40(51)27-4-2-1-3-26(27)39(36)50)46-19-21-5-7-22(8-6-21)20-47-41(52)23-9-12-30-28(15-23)43(55)57-44(30)31-13-10-24(48)16-34(31)56-35-17-25(49)11-14-32(35)44/h1-18,46,48-49H,19-20,45H2,(H,47,52)(H,53,54). The van der Waals surface area contributed by atoms with Gasteiger partial charge in [0.1, 0.15) is 23.0 Å². The smallest absolute Gasteiger partial charge is 0.340 e. The highest BCUT2D eigenvalue weighted by Gasteiger charge is 2.54. The molecule has 0 radical (unpaired) electrons. The highest BCUT2D eigenvalue weighted by Crippen LogP contribution is 2.57. The van der Waals surface area contributed by atoms with Gasteiger partial charge in [0, 0.05) is 64.3 Å². The van der Waals surface area contributed by atoms with Crippen LogP contribution in [-0.2, 0) is 23.4 Å². The Morgan fingerprint density at radius 2 is 1.25 bits per heavy atom. The number of ketones is 2. The molecule has 9 rings (SSSR count). The zero-order valence-corrected chi connectivity index (χ0v) is 29.6. The highest BCUT2D eigenvalue weighted by molar-refractivity contribution is 6.32. The monoisotopic (exact) mass is 759 g/mol. The van der Waals surface area contributed by atoms with Gasteiger partial charge in [-0.05, 0) is 53.6 Å². The number of carboxylic acid groups (broad SMARTS) is 1. The van der Waals surface area contributed by atoms with Gasteiger partial charge in [0.05, 0.1) is 27.9 Å². The number of nitrogens with two attached hydrogens (primary N) is 1. The van der Waals surface area contributed by atoms with Gasteiger partial charge in [0.15, 0.2) is 17.2 Å². The van der Waals surface area contributed by atoms with Crippen molar-refractivity contribution in [1.29, 1.82) is 0 Å². The summed E-state index contributed by atoms with van der Waals surface area (Å²) >= 11 is 0. The Morgan fingerprint density at radius 1 is 0.667 bits per heavy atom. The van der Waals surface area contributed by atoms with Crippen LogP contribution in [0.1, 0.15) is 90.7 Å². The van der Waals surface area contributed by atoms with Crippen LogP contribution in [0.2, 0.25) is 0 Å². The summed E-state index contributed by atoms with van der Waals surface area (Å²) in [6, 6.07) is 28.4. The first kappa shape index (κ1) is 34.8. The Labute approximate surface area is 322 Å². The van der Waals surface area contributed by atoms with Crippen molar-refractivity contribution in [2.45, 2.75) is 18.7 Å². The van der Waals surface area contributed by atoms with Crippen molar-refractivity contribution in [2.75, 3.05) is 11.1 Å². The molecule has 6 aromatic carbocycles. The number of carbonyl (C=O) groups is 5. The lowest BCUT2D eigenvalue weighted by Crippen LogP contribution is -2.33. The number of esters is 1. The summed E-state index contributed by atoms with van der Waals surface area (Å²) in [4.78, 5) is 65.9. The largest absolute Gasteiger partial charge is 0.508 e. The number of benzene rings is 6. The maximum atomic E-state index is 13.6. The van der Waals surface area contributed by atoms with E-state index in [0.29, 0.717) is 16.7 Å². The van der Waals surface area contributed by atoms with Crippen LogP contribution in [-0.4, -0.2) is 44.7 Å². The molecule has 0 unspecified atom stereocenters. The zero-order valence-electron chi connectivity index (χ0n) is 29.6. The molecule has 13 heteroatoms. The Kier molecular flexibility index (Phi) is 7.84. The number of phenols is 2. The van der Waals surface area contributed by atoms with Crippen molar-refractivity contribution < 1.29 is 48.8 Å². The molecule has 0 saturated heterocycles. The molecule has 2 aliphatic heterocycles. The van der Waals surface area contributed by atoms with Gasteiger partial charge in [-0.1, -0.05) is 54.6 Å². The number of carboxylic acids is 1. The number of aromatic hydroxyl groups is 2. The number of hydrogen-bond acceptors (Lipinski definition) is 11. The Balaban J connectivity index is 0.921. The van der Waals surface area contributed by atoms with Crippen LogP contribution in [0.25, 0.3) is 0 Å². The second-order valence-corrected chi connectivity index (χ2v) is 13.8. The van der Waals surface area contributed by atoms with E-state index in [0.717, 1.165) is 11.1 Å². The minimum Gasteiger partial charge on any atom is -0.508 e. The molecular formula is C44H29N3O10. The van der Waals surface area contributed by atoms with E-state index in [1.165, 1.54) is 42.5 Å². The van der Waals surface area contributed by atoms with Gasteiger partial charge >= 0.3 is 11.9 Å². The van der Waals surface area contributed by atoms with Crippen LogP contribution in [0.15, 0.2) is 109 Å². The molecule has 280 valence electrons. The van der Waals surface area contributed by atoms with E-state index >= 15 is 0 Å². The Hall–Kier alpha value is -7.93. The minimum absolute atomic E-state index is 0.0125. The van der Waals surface area contributed by atoms with E-state index in [4.69, 9.17) is 15.2 Å².